The summed E-state index contributed by atoms with van der Waals surface area (Å²) in [5.74, 6) is 0.922. The fourth-order valence-corrected chi connectivity index (χ4v) is 4.21. The fourth-order valence-electron chi connectivity index (χ4n) is 3.41. The number of benzene rings is 3. The fraction of sp³-hybridized carbons (Fsp3) is 0.125. The minimum atomic E-state index is 0.0910. The van der Waals surface area contributed by atoms with E-state index in [0.717, 1.165) is 39.6 Å². The second kappa shape index (κ2) is 8.68. The zero-order valence-electron chi connectivity index (χ0n) is 15.9. The van der Waals surface area contributed by atoms with Crippen molar-refractivity contribution in [3.63, 3.8) is 0 Å². The summed E-state index contributed by atoms with van der Waals surface area (Å²) in [7, 11) is 1.67. The molecule has 4 aromatic rings. The lowest BCUT2D eigenvalue weighted by Crippen LogP contribution is -2.05. The van der Waals surface area contributed by atoms with Crippen LogP contribution in [0.3, 0.4) is 0 Å². The van der Waals surface area contributed by atoms with Gasteiger partial charge in [-0.25, -0.2) is 0 Å². The van der Waals surface area contributed by atoms with Gasteiger partial charge in [-0.1, -0.05) is 60.1 Å². The molecule has 0 saturated carbocycles. The first-order valence-corrected chi connectivity index (χ1v) is 10.5. The minimum Gasteiger partial charge on any atom is -0.497 e. The molecule has 0 aliphatic rings. The first kappa shape index (κ1) is 19.5. The highest BCUT2D eigenvalue weighted by molar-refractivity contribution is 7.13. The maximum absolute atomic E-state index is 7.83. The molecule has 1 heterocycles. The van der Waals surface area contributed by atoms with Crippen molar-refractivity contribution in [2.24, 2.45) is 0 Å². The van der Waals surface area contributed by atoms with Crippen molar-refractivity contribution < 1.29 is 4.74 Å². The second-order valence-corrected chi connectivity index (χ2v) is 8.11. The van der Waals surface area contributed by atoms with Gasteiger partial charge in [0, 0.05) is 10.9 Å². The number of aromatic nitrogens is 1. The standard InChI is InChI=1S/C24H20ClN2OS/c1-28-21-11-9-18(10-12-21)22(23-15-29-24(26)27-23)13-16-5-7-17(8-6-16)19-3-2-4-20(25)14-19/h2-12,14-15,22H,13H2,1H3,(H-,26,27)/q-1/t22-/m0/s1. The summed E-state index contributed by atoms with van der Waals surface area (Å²) in [6.07, 6.45) is 0.811. The number of nitrogens with one attached hydrogen (secondary N) is 1. The Labute approximate surface area is 179 Å². The van der Waals surface area contributed by atoms with E-state index in [1.807, 2.05) is 35.7 Å². The van der Waals surface area contributed by atoms with E-state index < -0.39 is 0 Å². The molecule has 1 atom stereocenters. The molecule has 0 spiro atoms. The molecule has 0 fully saturated rings. The van der Waals surface area contributed by atoms with Crippen LogP contribution in [0.1, 0.15) is 22.7 Å². The number of rotatable bonds is 6. The van der Waals surface area contributed by atoms with Crippen molar-refractivity contribution in [2.45, 2.75) is 12.3 Å². The number of hydrogen-bond donors (Lipinski definition) is 0. The molecule has 1 aromatic heterocycles. The van der Waals surface area contributed by atoms with E-state index in [1.165, 1.54) is 16.9 Å². The van der Waals surface area contributed by atoms with Gasteiger partial charge in [-0.3, -0.25) is 0 Å². The highest BCUT2D eigenvalue weighted by Gasteiger charge is 2.15. The topological polar surface area (TPSA) is 45.9 Å². The largest absolute Gasteiger partial charge is 0.497 e. The van der Waals surface area contributed by atoms with Gasteiger partial charge >= 0.3 is 0 Å². The van der Waals surface area contributed by atoms with Crippen molar-refractivity contribution in [1.29, 1.82) is 0 Å². The first-order chi connectivity index (χ1) is 14.1. The van der Waals surface area contributed by atoms with Gasteiger partial charge in [0.15, 0.2) is 0 Å². The summed E-state index contributed by atoms with van der Waals surface area (Å²) in [6, 6.07) is 24.5. The number of thiazole rings is 1. The molecular formula is C24H20ClN2OS-. The lowest BCUT2D eigenvalue weighted by atomic mass is 9.89. The Bertz CT molecular complexity index is 1090. The summed E-state index contributed by atoms with van der Waals surface area (Å²) in [5.41, 5.74) is 13.4. The van der Waals surface area contributed by atoms with Crippen LogP contribution < -0.4 is 4.74 Å². The van der Waals surface area contributed by atoms with Gasteiger partial charge in [0.25, 0.3) is 0 Å². The maximum atomic E-state index is 7.83. The van der Waals surface area contributed by atoms with Crippen LogP contribution in [-0.4, -0.2) is 12.1 Å². The van der Waals surface area contributed by atoms with Crippen LogP contribution in [0.15, 0.2) is 78.2 Å². The lowest BCUT2D eigenvalue weighted by molar-refractivity contribution is 0.414. The Morgan fingerprint density at radius 3 is 2.38 bits per heavy atom. The second-order valence-electron chi connectivity index (χ2n) is 6.81. The van der Waals surface area contributed by atoms with Gasteiger partial charge in [0.05, 0.1) is 7.11 Å². The SMILES string of the molecule is COc1ccc([C@H](Cc2ccc(-c3cccc(Cl)c3)cc2)c2csc([NH-])n2)cc1. The summed E-state index contributed by atoms with van der Waals surface area (Å²) in [4.78, 5) is 4.44. The Morgan fingerprint density at radius 2 is 1.76 bits per heavy atom. The molecule has 0 unspecified atom stereocenters. The molecule has 0 saturated heterocycles. The summed E-state index contributed by atoms with van der Waals surface area (Å²) in [5, 5.41) is 3.06. The van der Waals surface area contributed by atoms with Crippen molar-refractivity contribution >= 4 is 28.1 Å². The van der Waals surface area contributed by atoms with E-state index in [4.69, 9.17) is 22.1 Å². The number of nitrogens with zero attached hydrogens (tertiary/aromatic N) is 1. The van der Waals surface area contributed by atoms with Gasteiger partial charge in [-0.15, -0.1) is 0 Å². The highest BCUT2D eigenvalue weighted by Crippen LogP contribution is 2.33. The van der Waals surface area contributed by atoms with E-state index in [2.05, 4.69) is 47.4 Å². The Balaban J connectivity index is 1.62. The quantitative estimate of drug-likeness (QED) is 0.324. The first-order valence-electron chi connectivity index (χ1n) is 9.28. The van der Waals surface area contributed by atoms with Gasteiger partial charge in [0.1, 0.15) is 5.75 Å². The smallest absolute Gasteiger partial charge is 0.118 e. The third-order valence-corrected chi connectivity index (χ3v) is 5.86. The molecular weight excluding hydrogens is 400 g/mol. The Kier molecular flexibility index (Phi) is 5.84. The van der Waals surface area contributed by atoms with Crippen LogP contribution in [0.25, 0.3) is 16.9 Å². The normalized spacial score (nSPS) is 11.9. The lowest BCUT2D eigenvalue weighted by Gasteiger charge is -2.19. The molecule has 3 nitrogen and oxygen atoms in total. The average molecular weight is 420 g/mol. The maximum Gasteiger partial charge on any atom is 0.118 e. The number of hydrogen-bond acceptors (Lipinski definition) is 3. The molecule has 5 heteroatoms. The van der Waals surface area contributed by atoms with Crippen molar-refractivity contribution in [3.8, 4) is 16.9 Å². The Morgan fingerprint density at radius 1 is 1.00 bits per heavy atom. The molecule has 0 aliphatic heterocycles. The predicted molar refractivity (Wildman–Crippen MR) is 122 cm³/mol. The number of ether oxygens (including phenoxy) is 1. The van der Waals surface area contributed by atoms with Crippen molar-refractivity contribution in [2.75, 3.05) is 7.11 Å². The van der Waals surface area contributed by atoms with Gasteiger partial charge in [-0.2, -0.15) is 11.3 Å². The van der Waals surface area contributed by atoms with Gasteiger partial charge in [0.2, 0.25) is 0 Å². The molecule has 0 amide bonds. The number of methoxy groups -OCH3 is 1. The molecule has 4 rings (SSSR count). The van der Waals surface area contributed by atoms with Crippen LogP contribution in [0.4, 0.5) is 5.13 Å². The predicted octanol–water partition coefficient (Wildman–Crippen LogP) is 7.53. The van der Waals surface area contributed by atoms with E-state index >= 15 is 0 Å². The van der Waals surface area contributed by atoms with E-state index in [0.29, 0.717) is 5.13 Å². The third-order valence-electron chi connectivity index (χ3n) is 4.95. The summed E-state index contributed by atoms with van der Waals surface area (Å²) >= 11 is 7.49. The Hall–Kier alpha value is -2.82. The molecule has 0 radical (unpaired) electrons. The molecule has 0 aliphatic carbocycles. The highest BCUT2D eigenvalue weighted by atomic mass is 35.5. The molecule has 3 aromatic carbocycles. The van der Waals surface area contributed by atoms with E-state index in [9.17, 15) is 0 Å². The molecule has 146 valence electrons. The zero-order valence-corrected chi connectivity index (χ0v) is 17.5. The minimum absolute atomic E-state index is 0.0910. The van der Waals surface area contributed by atoms with E-state index in [-0.39, 0.29) is 5.92 Å². The molecule has 0 bridgehead atoms. The molecule has 1 N–H and O–H groups in total. The van der Waals surface area contributed by atoms with Crippen molar-refractivity contribution in [3.05, 3.63) is 106 Å². The zero-order chi connectivity index (χ0) is 20.2. The monoisotopic (exact) mass is 419 g/mol. The van der Waals surface area contributed by atoms with Crippen LogP contribution >= 0.6 is 22.9 Å². The number of halogens is 1. The van der Waals surface area contributed by atoms with Gasteiger partial charge in [-0.05, 0) is 69.1 Å². The van der Waals surface area contributed by atoms with Gasteiger partial charge < -0.3 is 15.5 Å². The average Bonchev–Trinajstić information content (AvgIpc) is 3.18. The van der Waals surface area contributed by atoms with Crippen LogP contribution in [0.2, 0.25) is 5.02 Å². The van der Waals surface area contributed by atoms with Crippen LogP contribution in [0, 0.1) is 0 Å². The third kappa shape index (κ3) is 4.61. The molecule has 29 heavy (non-hydrogen) atoms. The van der Waals surface area contributed by atoms with Crippen molar-refractivity contribution in [1.82, 2.24) is 4.98 Å². The van der Waals surface area contributed by atoms with Crippen LogP contribution in [-0.2, 0) is 6.42 Å². The van der Waals surface area contributed by atoms with Crippen LogP contribution in [0.5, 0.6) is 5.75 Å². The summed E-state index contributed by atoms with van der Waals surface area (Å²) < 4.78 is 5.29. The van der Waals surface area contributed by atoms with E-state index in [1.54, 1.807) is 7.11 Å². The summed E-state index contributed by atoms with van der Waals surface area (Å²) in [6.45, 7) is 0.